The van der Waals surface area contributed by atoms with E-state index in [-0.39, 0.29) is 16.7 Å². The summed E-state index contributed by atoms with van der Waals surface area (Å²) in [5, 5.41) is 0. The summed E-state index contributed by atoms with van der Waals surface area (Å²) in [6.45, 7) is 8.02. The smallest absolute Gasteiger partial charge is 0.230 e. The molecule has 0 aromatic heterocycles. The van der Waals surface area contributed by atoms with Gasteiger partial charge in [0.25, 0.3) is 0 Å². The number of hydrogen-bond donors (Lipinski definition) is 1. The predicted molar refractivity (Wildman–Crippen MR) is 71.1 cm³/mol. The number of nitrogens with two attached hydrogens (primary N) is 1. The number of ether oxygens (including phenoxy) is 1. The van der Waals surface area contributed by atoms with Crippen molar-refractivity contribution in [2.75, 3.05) is 32.8 Å². The zero-order valence-corrected chi connectivity index (χ0v) is 11.7. The van der Waals surface area contributed by atoms with Crippen molar-refractivity contribution in [3.05, 3.63) is 0 Å². The van der Waals surface area contributed by atoms with E-state index in [1.54, 1.807) is 0 Å². The molecule has 2 aliphatic rings. The quantitative estimate of drug-likeness (QED) is 0.825. The van der Waals surface area contributed by atoms with Gasteiger partial charge in [-0.1, -0.05) is 13.8 Å². The number of nitrogens with zero attached hydrogens (tertiary/aromatic N) is 1. The molecule has 2 fully saturated rings. The molecule has 0 radical (unpaired) electrons. The van der Waals surface area contributed by atoms with E-state index in [1.807, 2.05) is 4.90 Å². The summed E-state index contributed by atoms with van der Waals surface area (Å²) in [6, 6.07) is 0. The standard InChI is InChI=1S/C14H26N2O2/c1-3-14(4-2,9-15)12(17)16-7-5-13(10-16)6-8-18-11-13/h3-11,15H2,1-2H3/t13-/m1/s1. The van der Waals surface area contributed by atoms with Crippen LogP contribution in [0.2, 0.25) is 0 Å². The Labute approximate surface area is 110 Å². The van der Waals surface area contributed by atoms with Crippen LogP contribution in [0.5, 0.6) is 0 Å². The van der Waals surface area contributed by atoms with E-state index in [1.165, 1.54) is 0 Å². The molecule has 2 N–H and O–H groups in total. The SMILES string of the molecule is CCC(CC)(CN)C(=O)N1CC[C@@]2(CCOC2)C1. The van der Waals surface area contributed by atoms with E-state index in [9.17, 15) is 4.79 Å². The Morgan fingerprint density at radius 1 is 1.39 bits per heavy atom. The van der Waals surface area contributed by atoms with Crippen molar-refractivity contribution in [1.29, 1.82) is 0 Å². The monoisotopic (exact) mass is 254 g/mol. The lowest BCUT2D eigenvalue weighted by Gasteiger charge is -2.34. The minimum Gasteiger partial charge on any atom is -0.381 e. The van der Waals surface area contributed by atoms with Crippen molar-refractivity contribution in [2.45, 2.75) is 39.5 Å². The average molecular weight is 254 g/mol. The van der Waals surface area contributed by atoms with Gasteiger partial charge < -0.3 is 15.4 Å². The second kappa shape index (κ2) is 5.17. The van der Waals surface area contributed by atoms with Gasteiger partial charge in [-0.25, -0.2) is 0 Å². The van der Waals surface area contributed by atoms with E-state index in [4.69, 9.17) is 10.5 Å². The van der Waals surface area contributed by atoms with E-state index >= 15 is 0 Å². The molecule has 1 spiro atoms. The number of rotatable bonds is 4. The second-order valence-electron chi connectivity index (χ2n) is 5.97. The molecule has 1 atom stereocenters. The van der Waals surface area contributed by atoms with E-state index in [2.05, 4.69) is 13.8 Å². The lowest BCUT2D eigenvalue weighted by molar-refractivity contribution is -0.141. The molecule has 2 heterocycles. The van der Waals surface area contributed by atoms with Gasteiger partial charge in [0, 0.05) is 31.7 Å². The first-order chi connectivity index (χ1) is 8.61. The summed E-state index contributed by atoms with van der Waals surface area (Å²) in [6.07, 6.45) is 3.86. The predicted octanol–water partition coefficient (Wildman–Crippen LogP) is 1.39. The molecule has 4 nitrogen and oxygen atoms in total. The third-order valence-electron chi connectivity index (χ3n) is 5.11. The van der Waals surface area contributed by atoms with Crippen molar-refractivity contribution >= 4 is 5.91 Å². The van der Waals surface area contributed by atoms with Crippen LogP contribution < -0.4 is 5.73 Å². The van der Waals surface area contributed by atoms with Crippen LogP contribution >= 0.6 is 0 Å². The van der Waals surface area contributed by atoms with Gasteiger partial charge in [0.15, 0.2) is 0 Å². The first kappa shape index (κ1) is 13.8. The first-order valence-corrected chi connectivity index (χ1v) is 7.18. The van der Waals surface area contributed by atoms with Gasteiger partial charge in [-0.05, 0) is 25.7 Å². The van der Waals surface area contributed by atoms with Crippen molar-refractivity contribution in [3.63, 3.8) is 0 Å². The van der Waals surface area contributed by atoms with Crippen LogP contribution in [0.3, 0.4) is 0 Å². The highest BCUT2D eigenvalue weighted by atomic mass is 16.5. The molecule has 104 valence electrons. The Morgan fingerprint density at radius 2 is 2.11 bits per heavy atom. The molecule has 0 aromatic carbocycles. The summed E-state index contributed by atoms with van der Waals surface area (Å²) < 4.78 is 5.51. The fourth-order valence-corrected chi connectivity index (χ4v) is 3.34. The van der Waals surface area contributed by atoms with Gasteiger partial charge in [0.2, 0.25) is 5.91 Å². The highest BCUT2D eigenvalue weighted by molar-refractivity contribution is 5.83. The molecule has 4 heteroatoms. The summed E-state index contributed by atoms with van der Waals surface area (Å²) in [5.41, 5.74) is 5.78. The minimum atomic E-state index is -0.342. The molecule has 0 aromatic rings. The summed E-state index contributed by atoms with van der Waals surface area (Å²) >= 11 is 0. The molecule has 1 amide bonds. The maximum Gasteiger partial charge on any atom is 0.230 e. The Kier molecular flexibility index (Phi) is 3.97. The van der Waals surface area contributed by atoms with Crippen LogP contribution in [0.15, 0.2) is 0 Å². The Balaban J connectivity index is 2.06. The van der Waals surface area contributed by atoms with Gasteiger partial charge in [0.05, 0.1) is 12.0 Å². The fraction of sp³-hybridized carbons (Fsp3) is 0.929. The number of carbonyl (C=O) groups excluding carboxylic acids is 1. The molecule has 18 heavy (non-hydrogen) atoms. The molecule has 0 bridgehead atoms. The minimum absolute atomic E-state index is 0.248. The lowest BCUT2D eigenvalue weighted by Crippen LogP contribution is -2.47. The fourth-order valence-electron chi connectivity index (χ4n) is 3.34. The second-order valence-corrected chi connectivity index (χ2v) is 5.97. The molecule has 0 unspecified atom stereocenters. The third kappa shape index (κ3) is 2.16. The summed E-state index contributed by atoms with van der Waals surface area (Å²) in [7, 11) is 0. The van der Waals surface area contributed by atoms with Crippen LogP contribution in [-0.2, 0) is 9.53 Å². The third-order valence-corrected chi connectivity index (χ3v) is 5.11. The Hall–Kier alpha value is -0.610. The largest absolute Gasteiger partial charge is 0.381 e. The molecule has 2 saturated heterocycles. The van der Waals surface area contributed by atoms with Gasteiger partial charge in [0.1, 0.15) is 0 Å². The van der Waals surface area contributed by atoms with E-state index in [0.29, 0.717) is 6.54 Å². The summed E-state index contributed by atoms with van der Waals surface area (Å²) in [5.74, 6) is 0.263. The van der Waals surface area contributed by atoms with E-state index < -0.39 is 0 Å². The van der Waals surface area contributed by atoms with Crippen LogP contribution in [0.4, 0.5) is 0 Å². The maximum atomic E-state index is 12.7. The Bertz CT molecular complexity index is 299. The first-order valence-electron chi connectivity index (χ1n) is 7.18. The molecular formula is C14H26N2O2. The zero-order chi connectivity index (χ0) is 13.2. The van der Waals surface area contributed by atoms with E-state index in [0.717, 1.165) is 52.0 Å². The van der Waals surface area contributed by atoms with Crippen molar-refractivity contribution in [3.8, 4) is 0 Å². The van der Waals surface area contributed by atoms with Gasteiger partial charge >= 0.3 is 0 Å². The number of carbonyl (C=O) groups is 1. The van der Waals surface area contributed by atoms with Gasteiger partial charge in [-0.3, -0.25) is 4.79 Å². The van der Waals surface area contributed by atoms with Crippen LogP contribution in [0.25, 0.3) is 0 Å². The number of hydrogen-bond acceptors (Lipinski definition) is 3. The molecule has 2 rings (SSSR count). The number of likely N-dealkylation sites (tertiary alicyclic amines) is 1. The summed E-state index contributed by atoms with van der Waals surface area (Å²) in [4.78, 5) is 14.7. The van der Waals surface area contributed by atoms with Crippen LogP contribution in [-0.4, -0.2) is 43.7 Å². The molecule has 0 aliphatic carbocycles. The highest BCUT2D eigenvalue weighted by Crippen LogP contribution is 2.40. The maximum absolute atomic E-state index is 12.7. The lowest BCUT2D eigenvalue weighted by atomic mass is 9.80. The van der Waals surface area contributed by atoms with Gasteiger partial charge in [-0.15, -0.1) is 0 Å². The Morgan fingerprint density at radius 3 is 2.61 bits per heavy atom. The van der Waals surface area contributed by atoms with Gasteiger partial charge in [-0.2, -0.15) is 0 Å². The average Bonchev–Trinajstić information content (AvgIpc) is 3.03. The van der Waals surface area contributed by atoms with Crippen LogP contribution in [0, 0.1) is 10.8 Å². The molecular weight excluding hydrogens is 228 g/mol. The topological polar surface area (TPSA) is 55.6 Å². The van der Waals surface area contributed by atoms with Crippen molar-refractivity contribution < 1.29 is 9.53 Å². The van der Waals surface area contributed by atoms with Crippen molar-refractivity contribution in [2.24, 2.45) is 16.6 Å². The molecule has 2 aliphatic heterocycles. The number of amides is 1. The normalized spacial score (nSPS) is 28.3. The van der Waals surface area contributed by atoms with Crippen molar-refractivity contribution in [1.82, 2.24) is 4.90 Å². The molecule has 0 saturated carbocycles. The zero-order valence-electron chi connectivity index (χ0n) is 11.7. The highest BCUT2D eigenvalue weighted by Gasteiger charge is 2.46. The van der Waals surface area contributed by atoms with Crippen LogP contribution in [0.1, 0.15) is 39.5 Å².